The second-order valence-corrected chi connectivity index (χ2v) is 0. The molecule has 0 aliphatic rings. The van der Waals surface area contributed by atoms with Gasteiger partial charge in [-0.2, -0.15) is 0 Å². The van der Waals surface area contributed by atoms with E-state index in [0.717, 1.165) is 0 Å². The van der Waals surface area contributed by atoms with Gasteiger partial charge in [0.1, 0.15) is 0 Å². The Morgan fingerprint density at radius 2 is 1.25 bits per heavy atom. The zero-order valence-electron chi connectivity index (χ0n) is 1.95. The first-order valence-electron chi connectivity index (χ1n) is 0.204. The van der Waals surface area contributed by atoms with E-state index in [1.165, 1.54) is 0 Å². The first-order chi connectivity index (χ1) is 1.00. The SMILES string of the molecule is [Cd].[Co].[O]=[SbH]. The average Bonchev–Trinajstić information content (AvgIpc) is 1.00. The molecule has 0 saturated carbocycles. The van der Waals surface area contributed by atoms with E-state index in [9.17, 15) is 0 Å². The van der Waals surface area contributed by atoms with Crippen molar-refractivity contribution in [3.05, 3.63) is 0 Å². The van der Waals surface area contributed by atoms with Gasteiger partial charge in [-0.05, 0) is 0 Å². The first kappa shape index (κ1) is 16.6. The van der Waals surface area contributed by atoms with E-state index >= 15 is 0 Å². The van der Waals surface area contributed by atoms with Gasteiger partial charge >= 0.3 is 26.0 Å². The quantitative estimate of drug-likeness (QED) is 0.537. The van der Waals surface area contributed by atoms with Gasteiger partial charge in [0.25, 0.3) is 0 Å². The van der Waals surface area contributed by atoms with Gasteiger partial charge in [-0.25, -0.2) is 0 Å². The second-order valence-electron chi connectivity index (χ2n) is 0. The average molecular weight is 310 g/mol. The van der Waals surface area contributed by atoms with Crippen LogP contribution in [-0.4, -0.2) is 23.0 Å². The van der Waals surface area contributed by atoms with Crippen LogP contribution in [0.25, 0.3) is 0 Å². The molecule has 0 aromatic carbocycles. The maximum absolute atomic E-state index is 8.34. The van der Waals surface area contributed by atoms with E-state index in [-0.39, 0.29) is 44.1 Å². The molecule has 1 nitrogen and oxygen atoms in total. The van der Waals surface area contributed by atoms with Crippen LogP contribution in [0.1, 0.15) is 0 Å². The van der Waals surface area contributed by atoms with Crippen molar-refractivity contribution in [1.29, 1.82) is 0 Å². The fraction of sp³-hybridized carbons (Fsp3) is 0. The Kier molecular flexibility index (Phi) is 81.8. The summed E-state index contributed by atoms with van der Waals surface area (Å²) in [6, 6.07) is 0. The second kappa shape index (κ2) is 19.7. The molecule has 0 saturated heterocycles. The summed E-state index contributed by atoms with van der Waals surface area (Å²) in [5.74, 6) is 0. The predicted octanol–water partition coefficient (Wildman–Crippen LogP) is -0.772. The van der Waals surface area contributed by atoms with Crippen LogP contribution in [0.2, 0.25) is 0 Å². The van der Waals surface area contributed by atoms with Crippen LogP contribution in [0.15, 0.2) is 0 Å². The Hall–Kier alpha value is 2.05. The van der Waals surface area contributed by atoms with Crippen molar-refractivity contribution >= 4 is 23.0 Å². The first-order valence-corrected chi connectivity index (χ1v) is 1.37. The fourth-order valence-electron chi connectivity index (χ4n) is 0. The van der Waals surface area contributed by atoms with E-state index < -0.39 is 0 Å². The minimum atomic E-state index is 0. The van der Waals surface area contributed by atoms with E-state index in [2.05, 4.69) is 0 Å². The molecule has 0 amide bonds. The maximum atomic E-state index is 8.34. The van der Waals surface area contributed by atoms with Crippen LogP contribution >= 0.6 is 0 Å². The monoisotopic (exact) mass is 311 g/mol. The third-order valence-electron chi connectivity index (χ3n) is 0. The van der Waals surface area contributed by atoms with Gasteiger partial charge in [0.05, 0.1) is 0 Å². The molecule has 0 fully saturated rings. The molecule has 0 heterocycles. The summed E-state index contributed by atoms with van der Waals surface area (Å²) in [4.78, 5) is 0. The molecule has 4 heavy (non-hydrogen) atoms. The summed E-state index contributed by atoms with van der Waals surface area (Å²) in [6.45, 7) is 0. The Morgan fingerprint density at radius 1 is 1.25 bits per heavy atom. The van der Waals surface area contributed by atoms with Gasteiger partial charge in [-0.15, -0.1) is 0 Å². The zero-order chi connectivity index (χ0) is 2.00. The van der Waals surface area contributed by atoms with Gasteiger partial charge < -0.3 is 0 Å². The molecule has 0 atom stereocenters. The number of rotatable bonds is 0. The summed E-state index contributed by atoms with van der Waals surface area (Å²) >= 11 is 0.300. The Bertz CT molecular complexity index is 8.00. The summed E-state index contributed by atoms with van der Waals surface area (Å²) in [6.07, 6.45) is 0. The van der Waals surface area contributed by atoms with E-state index in [0.29, 0.717) is 23.0 Å². The summed E-state index contributed by atoms with van der Waals surface area (Å²) in [7, 11) is 0. The van der Waals surface area contributed by atoms with Crippen molar-refractivity contribution in [2.45, 2.75) is 0 Å². The number of hydrogen-bond donors (Lipinski definition) is 0. The molecular weight excluding hydrogens is 309 g/mol. The standard InChI is InChI=1S/Cd.Co.O.Sb.H. The van der Waals surface area contributed by atoms with Gasteiger partial charge in [0.15, 0.2) is 0 Å². The fourth-order valence-corrected chi connectivity index (χ4v) is 0. The minimum absolute atomic E-state index is 0. The molecule has 0 aliphatic carbocycles. The summed E-state index contributed by atoms with van der Waals surface area (Å²) in [5.41, 5.74) is 0. The molecular formula is HCdCoOSb. The molecule has 23 valence electrons. The predicted molar refractivity (Wildman–Crippen MR) is 7.84 cm³/mol. The Labute approximate surface area is 69.1 Å². The molecule has 0 N–H and O–H groups in total. The van der Waals surface area contributed by atoms with Gasteiger partial charge in [0, 0.05) is 44.1 Å². The van der Waals surface area contributed by atoms with Crippen molar-refractivity contribution in [2.24, 2.45) is 0 Å². The number of hydrogen-bond acceptors (Lipinski definition) is 1. The Balaban J connectivity index is -0.00000000500. The van der Waals surface area contributed by atoms with Crippen molar-refractivity contribution in [3.8, 4) is 0 Å². The molecule has 1 radical (unpaired) electrons. The third kappa shape index (κ3) is 8.97. The van der Waals surface area contributed by atoms with E-state index in [1.807, 2.05) is 0 Å². The van der Waals surface area contributed by atoms with Crippen LogP contribution in [0.3, 0.4) is 0 Å². The molecule has 0 aromatic heterocycles. The van der Waals surface area contributed by atoms with E-state index in [1.54, 1.807) is 0 Å². The molecule has 4 heteroatoms. The normalized spacial score (nSPS) is 1.00. The van der Waals surface area contributed by atoms with Crippen LogP contribution in [-0.2, 0) is 47.1 Å². The molecule has 0 rings (SSSR count). The third-order valence-corrected chi connectivity index (χ3v) is 0. The van der Waals surface area contributed by atoms with Crippen molar-refractivity contribution in [2.75, 3.05) is 0 Å². The van der Waals surface area contributed by atoms with Crippen molar-refractivity contribution in [3.63, 3.8) is 0 Å². The zero-order valence-corrected chi connectivity index (χ0v) is 9.88. The van der Waals surface area contributed by atoms with Crippen molar-refractivity contribution < 1.29 is 47.1 Å². The Morgan fingerprint density at radius 3 is 1.25 bits per heavy atom. The molecule has 0 aromatic rings. The molecule has 0 unspecified atom stereocenters. The summed E-state index contributed by atoms with van der Waals surface area (Å²) < 4.78 is 8.34. The topological polar surface area (TPSA) is 17.1 Å². The van der Waals surface area contributed by atoms with Crippen LogP contribution < -0.4 is 0 Å². The molecule has 0 aliphatic heterocycles. The van der Waals surface area contributed by atoms with Crippen LogP contribution in [0.4, 0.5) is 0 Å². The van der Waals surface area contributed by atoms with Crippen LogP contribution in [0, 0.1) is 0 Å². The van der Waals surface area contributed by atoms with Crippen LogP contribution in [0.5, 0.6) is 0 Å². The molecule has 0 spiro atoms. The van der Waals surface area contributed by atoms with Gasteiger partial charge in [0.2, 0.25) is 0 Å². The summed E-state index contributed by atoms with van der Waals surface area (Å²) in [5, 5.41) is 0. The molecule has 0 bridgehead atoms. The van der Waals surface area contributed by atoms with Gasteiger partial charge in [-0.3, -0.25) is 0 Å². The van der Waals surface area contributed by atoms with Gasteiger partial charge in [-0.1, -0.05) is 0 Å². The van der Waals surface area contributed by atoms with Crippen molar-refractivity contribution in [1.82, 2.24) is 0 Å². The van der Waals surface area contributed by atoms with E-state index in [4.69, 9.17) is 3.02 Å².